The van der Waals surface area contributed by atoms with Crippen molar-refractivity contribution in [2.24, 2.45) is 0 Å². The van der Waals surface area contributed by atoms with Gasteiger partial charge in [0.1, 0.15) is 4.88 Å². The number of halogens is 1. The van der Waals surface area contributed by atoms with Gasteiger partial charge in [0, 0.05) is 48.2 Å². The van der Waals surface area contributed by atoms with Crippen LogP contribution < -0.4 is 10.2 Å². The Bertz CT molecular complexity index is 1290. The molecule has 0 spiro atoms. The van der Waals surface area contributed by atoms with Crippen molar-refractivity contribution < 1.29 is 4.79 Å². The third-order valence-corrected chi connectivity index (χ3v) is 6.93. The minimum atomic E-state index is -0.170. The molecule has 1 amide bonds. The summed E-state index contributed by atoms with van der Waals surface area (Å²) < 4.78 is 1.83. The first-order valence-corrected chi connectivity index (χ1v) is 11.8. The van der Waals surface area contributed by atoms with E-state index in [9.17, 15) is 4.79 Å². The minimum Gasteiger partial charge on any atom is -0.378 e. The van der Waals surface area contributed by atoms with Gasteiger partial charge < -0.3 is 10.2 Å². The van der Waals surface area contributed by atoms with E-state index in [1.165, 1.54) is 16.9 Å². The van der Waals surface area contributed by atoms with Gasteiger partial charge in [-0.3, -0.25) is 4.79 Å². The SMILES string of the molecule is Cc1nc(-n2nc(C)c(Cc3ccc(Cl)cc3)c2C)sc1C(=O)Nc1ccc(N(C)C)cc1. The van der Waals surface area contributed by atoms with E-state index >= 15 is 0 Å². The van der Waals surface area contributed by atoms with Gasteiger partial charge in [0.2, 0.25) is 5.13 Å². The summed E-state index contributed by atoms with van der Waals surface area (Å²) in [7, 11) is 3.96. The zero-order valence-corrected chi connectivity index (χ0v) is 20.9. The topological polar surface area (TPSA) is 63.1 Å². The van der Waals surface area contributed by atoms with E-state index in [4.69, 9.17) is 16.7 Å². The summed E-state index contributed by atoms with van der Waals surface area (Å²) in [6.45, 7) is 5.89. The summed E-state index contributed by atoms with van der Waals surface area (Å²) in [4.78, 5) is 20.2. The van der Waals surface area contributed by atoms with E-state index in [0.717, 1.165) is 39.8 Å². The van der Waals surface area contributed by atoms with E-state index in [2.05, 4.69) is 10.3 Å². The van der Waals surface area contributed by atoms with Gasteiger partial charge in [0.25, 0.3) is 5.91 Å². The van der Waals surface area contributed by atoms with Crippen LogP contribution in [0.15, 0.2) is 48.5 Å². The Morgan fingerprint density at radius 3 is 2.33 bits per heavy atom. The molecule has 6 nitrogen and oxygen atoms in total. The number of nitrogens with one attached hydrogen (secondary N) is 1. The Morgan fingerprint density at radius 1 is 1.03 bits per heavy atom. The smallest absolute Gasteiger partial charge is 0.267 e. The normalized spacial score (nSPS) is 11.0. The van der Waals surface area contributed by atoms with E-state index < -0.39 is 0 Å². The molecule has 8 heteroatoms. The number of nitrogens with zero attached hydrogens (tertiary/aromatic N) is 4. The number of aromatic nitrogens is 3. The third-order valence-electron chi connectivity index (χ3n) is 5.55. The first-order valence-electron chi connectivity index (χ1n) is 10.6. The molecule has 0 atom stereocenters. The van der Waals surface area contributed by atoms with Gasteiger partial charge in [-0.1, -0.05) is 35.1 Å². The van der Waals surface area contributed by atoms with Crippen molar-refractivity contribution in [1.82, 2.24) is 14.8 Å². The van der Waals surface area contributed by atoms with Crippen molar-refractivity contribution in [3.63, 3.8) is 0 Å². The molecule has 0 bridgehead atoms. The molecular weight excluding hydrogens is 454 g/mol. The lowest BCUT2D eigenvalue weighted by Crippen LogP contribution is -2.12. The molecule has 0 fully saturated rings. The molecule has 0 aliphatic heterocycles. The quantitative estimate of drug-likeness (QED) is 0.378. The fraction of sp³-hybridized carbons (Fsp3) is 0.240. The van der Waals surface area contributed by atoms with E-state index in [1.54, 1.807) is 0 Å². The highest BCUT2D eigenvalue weighted by atomic mass is 35.5. The van der Waals surface area contributed by atoms with Gasteiger partial charge in [-0.2, -0.15) is 5.10 Å². The molecule has 2 aromatic carbocycles. The van der Waals surface area contributed by atoms with Gasteiger partial charge in [-0.25, -0.2) is 9.67 Å². The zero-order chi connectivity index (χ0) is 23.7. The number of benzene rings is 2. The molecule has 0 saturated carbocycles. The number of amides is 1. The number of carbonyl (C=O) groups excluding carboxylic acids is 1. The summed E-state index contributed by atoms with van der Waals surface area (Å²) in [5.74, 6) is -0.170. The average molecular weight is 480 g/mol. The molecular formula is C25H26ClN5OS. The van der Waals surface area contributed by atoms with Crippen LogP contribution in [0.4, 0.5) is 11.4 Å². The Labute approximate surface area is 202 Å². The Morgan fingerprint density at radius 2 is 1.70 bits per heavy atom. The Hall–Kier alpha value is -3.16. The predicted molar refractivity (Wildman–Crippen MR) is 136 cm³/mol. The van der Waals surface area contributed by atoms with Crippen LogP contribution in [0.3, 0.4) is 0 Å². The molecule has 0 unspecified atom stereocenters. The van der Waals surface area contributed by atoms with E-state index in [-0.39, 0.29) is 5.91 Å². The van der Waals surface area contributed by atoms with Crippen molar-refractivity contribution in [1.29, 1.82) is 0 Å². The first-order chi connectivity index (χ1) is 15.7. The molecule has 0 aliphatic carbocycles. The second kappa shape index (κ2) is 9.37. The van der Waals surface area contributed by atoms with Gasteiger partial charge in [-0.15, -0.1) is 0 Å². The number of hydrogen-bond donors (Lipinski definition) is 1. The molecule has 33 heavy (non-hydrogen) atoms. The van der Waals surface area contributed by atoms with Gasteiger partial charge in [-0.05, 0) is 62.7 Å². The van der Waals surface area contributed by atoms with Crippen LogP contribution in [-0.2, 0) is 6.42 Å². The number of anilines is 2. The highest BCUT2D eigenvalue weighted by Crippen LogP contribution is 2.27. The monoisotopic (exact) mass is 479 g/mol. The number of hydrogen-bond acceptors (Lipinski definition) is 5. The van der Waals surface area contributed by atoms with Crippen molar-refractivity contribution in [3.8, 4) is 5.13 Å². The first kappa shape index (κ1) is 23.0. The second-order valence-electron chi connectivity index (χ2n) is 8.17. The van der Waals surface area contributed by atoms with E-state index in [0.29, 0.717) is 15.7 Å². The molecule has 0 aliphatic rings. The highest BCUT2D eigenvalue weighted by Gasteiger charge is 2.20. The maximum absolute atomic E-state index is 12.9. The number of rotatable bonds is 6. The molecule has 2 heterocycles. The van der Waals surface area contributed by atoms with Crippen molar-refractivity contribution in [2.75, 3.05) is 24.3 Å². The number of thiazole rings is 1. The maximum atomic E-state index is 12.9. The minimum absolute atomic E-state index is 0.170. The lowest BCUT2D eigenvalue weighted by molar-refractivity contribution is 0.103. The maximum Gasteiger partial charge on any atom is 0.267 e. The summed E-state index contributed by atoms with van der Waals surface area (Å²) in [5, 5.41) is 9.10. The van der Waals surface area contributed by atoms with Crippen molar-refractivity contribution in [3.05, 3.63) is 86.6 Å². The summed E-state index contributed by atoms with van der Waals surface area (Å²) >= 11 is 7.36. The fourth-order valence-electron chi connectivity index (χ4n) is 3.64. The Balaban J connectivity index is 1.56. The molecule has 2 aromatic heterocycles. The van der Waals surface area contributed by atoms with Crippen LogP contribution in [0.25, 0.3) is 5.13 Å². The molecule has 4 aromatic rings. The standard InChI is InChI=1S/C25H26ClN5OS/c1-15-22(14-18-6-8-19(26)9-7-18)17(3)31(29-15)25-27-16(2)23(33-25)24(32)28-20-10-12-21(13-11-20)30(4)5/h6-13H,14H2,1-5H3,(H,28,32). The van der Waals surface area contributed by atoms with Crippen LogP contribution in [0.2, 0.25) is 5.02 Å². The van der Waals surface area contributed by atoms with Crippen molar-refractivity contribution in [2.45, 2.75) is 27.2 Å². The predicted octanol–water partition coefficient (Wildman–Crippen LogP) is 5.82. The molecule has 170 valence electrons. The van der Waals surface area contributed by atoms with Crippen LogP contribution in [0, 0.1) is 20.8 Å². The lowest BCUT2D eigenvalue weighted by Gasteiger charge is -2.12. The highest BCUT2D eigenvalue weighted by molar-refractivity contribution is 7.16. The van der Waals surface area contributed by atoms with Crippen molar-refractivity contribution >= 4 is 40.2 Å². The van der Waals surface area contributed by atoms with Crippen LogP contribution in [0.1, 0.15) is 37.9 Å². The second-order valence-corrected chi connectivity index (χ2v) is 9.58. The van der Waals surface area contributed by atoms with Gasteiger partial charge >= 0.3 is 0 Å². The summed E-state index contributed by atoms with van der Waals surface area (Å²) in [6.07, 6.45) is 0.759. The largest absolute Gasteiger partial charge is 0.378 e. The third kappa shape index (κ3) is 4.94. The molecule has 4 rings (SSSR count). The molecule has 0 saturated heterocycles. The number of aryl methyl sites for hydroxylation is 2. The average Bonchev–Trinajstić information content (AvgIpc) is 3.30. The van der Waals surface area contributed by atoms with Crippen LogP contribution in [-0.4, -0.2) is 34.8 Å². The molecule has 1 N–H and O–H groups in total. The van der Waals surface area contributed by atoms with Gasteiger partial charge in [0.05, 0.1) is 11.4 Å². The Kier molecular flexibility index (Phi) is 6.54. The van der Waals surface area contributed by atoms with Gasteiger partial charge in [0.15, 0.2) is 0 Å². The zero-order valence-electron chi connectivity index (χ0n) is 19.3. The fourth-order valence-corrected chi connectivity index (χ4v) is 4.73. The lowest BCUT2D eigenvalue weighted by atomic mass is 10.0. The van der Waals surface area contributed by atoms with Crippen LogP contribution in [0.5, 0.6) is 0 Å². The summed E-state index contributed by atoms with van der Waals surface area (Å²) in [6, 6.07) is 15.6. The molecule has 0 radical (unpaired) electrons. The van der Waals surface area contributed by atoms with E-state index in [1.807, 2.05) is 93.0 Å². The number of carbonyl (C=O) groups is 1. The summed E-state index contributed by atoms with van der Waals surface area (Å²) in [5.41, 5.74) is 6.78. The van der Waals surface area contributed by atoms with Crippen LogP contribution >= 0.6 is 22.9 Å².